The Kier molecular flexibility index (Phi) is 10.8. The Morgan fingerprint density at radius 1 is 1.03 bits per heavy atom. The zero-order valence-electron chi connectivity index (χ0n) is 17.5. The lowest BCUT2D eigenvalue weighted by Crippen LogP contribution is -2.58. The average Bonchev–Trinajstić information content (AvgIpc) is 2.75. The zero-order chi connectivity index (χ0) is 23.6. The molecule has 1 aromatic carbocycles. The van der Waals surface area contributed by atoms with Crippen LogP contribution in [0.15, 0.2) is 24.3 Å². The second-order valence-corrected chi connectivity index (χ2v) is 7.51. The fourth-order valence-electron chi connectivity index (χ4n) is 2.73. The van der Waals surface area contributed by atoms with Crippen LogP contribution in [0.3, 0.4) is 0 Å². The van der Waals surface area contributed by atoms with Crippen LogP contribution in [0, 0.1) is 5.92 Å². The average molecular weight is 455 g/mol. The lowest BCUT2D eigenvalue weighted by molar-refractivity contribution is -0.142. The first-order valence-electron chi connectivity index (χ1n) is 9.84. The molecule has 0 aliphatic carbocycles. The number of aromatic hydroxyl groups is 1. The topological polar surface area (TPSA) is 171 Å². The first-order chi connectivity index (χ1) is 14.6. The summed E-state index contributed by atoms with van der Waals surface area (Å²) in [7, 11) is 0. The Bertz CT molecular complexity index is 773. The SMILES string of the molecule is CCC(C)C(NC(=O)C(Cc1ccc(O)cc1)NC(=O)CN)C(=O)NC(CS)C(=O)O. The van der Waals surface area contributed by atoms with Crippen LogP contribution in [0.25, 0.3) is 0 Å². The molecule has 0 saturated heterocycles. The van der Waals surface area contributed by atoms with E-state index in [0.717, 1.165) is 0 Å². The second-order valence-electron chi connectivity index (χ2n) is 7.15. The van der Waals surface area contributed by atoms with Crippen molar-refractivity contribution in [1.29, 1.82) is 0 Å². The number of amides is 3. The van der Waals surface area contributed by atoms with E-state index in [2.05, 4.69) is 28.6 Å². The van der Waals surface area contributed by atoms with E-state index in [1.54, 1.807) is 19.1 Å². The highest BCUT2D eigenvalue weighted by Gasteiger charge is 2.31. The number of phenols is 1. The van der Waals surface area contributed by atoms with E-state index in [9.17, 15) is 24.3 Å². The Hall–Kier alpha value is -2.79. The molecule has 7 N–H and O–H groups in total. The van der Waals surface area contributed by atoms with E-state index in [1.807, 2.05) is 6.92 Å². The minimum atomic E-state index is -1.24. The van der Waals surface area contributed by atoms with Gasteiger partial charge >= 0.3 is 5.97 Å². The Morgan fingerprint density at radius 3 is 2.13 bits per heavy atom. The van der Waals surface area contributed by atoms with Crippen LogP contribution in [-0.2, 0) is 25.6 Å². The maximum atomic E-state index is 13.0. The quantitative estimate of drug-likeness (QED) is 0.207. The molecule has 10 nitrogen and oxygen atoms in total. The van der Waals surface area contributed by atoms with Gasteiger partial charge in [-0.2, -0.15) is 12.6 Å². The maximum Gasteiger partial charge on any atom is 0.327 e. The standard InChI is InChI=1S/C20H30N4O6S/c1-3-11(2)17(19(28)23-15(10-31)20(29)30)24-18(27)14(22-16(26)9-21)8-12-4-6-13(25)7-5-12/h4-7,11,14-15,17,25,31H,3,8-10,21H2,1-2H3,(H,22,26)(H,23,28)(H,24,27)(H,29,30). The van der Waals surface area contributed by atoms with E-state index in [4.69, 9.17) is 10.8 Å². The number of carbonyl (C=O) groups excluding carboxylic acids is 3. The predicted octanol–water partition coefficient (Wildman–Crippen LogP) is -0.592. The summed E-state index contributed by atoms with van der Waals surface area (Å²) in [6.45, 7) is 3.25. The molecule has 0 aromatic heterocycles. The Morgan fingerprint density at radius 2 is 1.65 bits per heavy atom. The van der Waals surface area contributed by atoms with Gasteiger partial charge < -0.3 is 31.9 Å². The molecule has 1 aromatic rings. The van der Waals surface area contributed by atoms with Gasteiger partial charge in [-0.05, 0) is 23.6 Å². The van der Waals surface area contributed by atoms with E-state index in [-0.39, 0.29) is 30.4 Å². The van der Waals surface area contributed by atoms with Crippen LogP contribution in [-0.4, -0.2) is 64.3 Å². The van der Waals surface area contributed by atoms with E-state index in [1.165, 1.54) is 12.1 Å². The van der Waals surface area contributed by atoms with Gasteiger partial charge in [0.15, 0.2) is 0 Å². The van der Waals surface area contributed by atoms with Crippen molar-refractivity contribution in [1.82, 2.24) is 16.0 Å². The molecule has 0 radical (unpaired) electrons. The zero-order valence-corrected chi connectivity index (χ0v) is 18.4. The first kappa shape index (κ1) is 26.2. The molecule has 0 aliphatic heterocycles. The van der Waals surface area contributed by atoms with Gasteiger partial charge in [0, 0.05) is 12.2 Å². The molecule has 4 atom stereocenters. The third-order valence-corrected chi connectivity index (χ3v) is 5.17. The van der Waals surface area contributed by atoms with E-state index < -0.39 is 41.8 Å². The Labute approximate surface area is 186 Å². The van der Waals surface area contributed by atoms with Crippen molar-refractivity contribution < 1.29 is 29.4 Å². The van der Waals surface area contributed by atoms with Gasteiger partial charge in [0.25, 0.3) is 0 Å². The number of benzene rings is 1. The molecule has 4 unspecified atom stereocenters. The molecule has 3 amide bonds. The third kappa shape index (κ3) is 8.46. The largest absolute Gasteiger partial charge is 0.508 e. The van der Waals surface area contributed by atoms with Crippen molar-refractivity contribution in [3.8, 4) is 5.75 Å². The van der Waals surface area contributed by atoms with Crippen molar-refractivity contribution in [3.05, 3.63) is 29.8 Å². The molecule has 172 valence electrons. The molecular formula is C20H30N4O6S. The Balaban J connectivity index is 3.04. The lowest BCUT2D eigenvalue weighted by atomic mass is 9.97. The number of carbonyl (C=O) groups is 4. The molecular weight excluding hydrogens is 424 g/mol. The number of hydrogen-bond acceptors (Lipinski definition) is 7. The van der Waals surface area contributed by atoms with Crippen molar-refractivity contribution in [2.75, 3.05) is 12.3 Å². The smallest absolute Gasteiger partial charge is 0.327 e. The van der Waals surface area contributed by atoms with Crippen LogP contribution >= 0.6 is 12.6 Å². The molecule has 0 aliphatic rings. The van der Waals surface area contributed by atoms with Gasteiger partial charge in [0.1, 0.15) is 23.9 Å². The van der Waals surface area contributed by atoms with Gasteiger partial charge in [-0.3, -0.25) is 14.4 Å². The molecule has 1 rings (SSSR count). The minimum absolute atomic E-state index is 0.0569. The molecule has 0 heterocycles. The monoisotopic (exact) mass is 454 g/mol. The van der Waals surface area contributed by atoms with Gasteiger partial charge in [-0.15, -0.1) is 0 Å². The highest BCUT2D eigenvalue weighted by molar-refractivity contribution is 7.80. The molecule has 31 heavy (non-hydrogen) atoms. The van der Waals surface area contributed by atoms with Crippen LogP contribution < -0.4 is 21.7 Å². The minimum Gasteiger partial charge on any atom is -0.508 e. The summed E-state index contributed by atoms with van der Waals surface area (Å²) in [6, 6.07) is 2.86. The molecule has 0 bridgehead atoms. The molecule has 0 saturated carbocycles. The normalized spacial score (nSPS) is 14.6. The molecule has 0 fully saturated rings. The van der Waals surface area contributed by atoms with Crippen molar-refractivity contribution >= 4 is 36.3 Å². The number of thiol groups is 1. The van der Waals surface area contributed by atoms with Crippen LogP contribution in [0.1, 0.15) is 25.8 Å². The summed E-state index contributed by atoms with van der Waals surface area (Å²) in [5.74, 6) is -3.43. The summed E-state index contributed by atoms with van der Waals surface area (Å²) in [4.78, 5) is 48.7. The summed E-state index contributed by atoms with van der Waals surface area (Å²) in [6.07, 6.45) is 0.635. The second kappa shape index (κ2) is 12.8. The van der Waals surface area contributed by atoms with Gasteiger partial charge in [0.05, 0.1) is 6.54 Å². The molecule has 11 heteroatoms. The summed E-state index contributed by atoms with van der Waals surface area (Å²) >= 11 is 3.93. The van der Waals surface area contributed by atoms with Crippen LogP contribution in [0.5, 0.6) is 5.75 Å². The number of aliphatic carboxylic acids is 1. The van der Waals surface area contributed by atoms with Crippen LogP contribution in [0.2, 0.25) is 0 Å². The number of carboxylic acid groups (broad SMARTS) is 1. The summed E-state index contributed by atoms with van der Waals surface area (Å²) in [5.41, 5.74) is 6.02. The highest BCUT2D eigenvalue weighted by atomic mass is 32.1. The number of phenolic OH excluding ortho intramolecular Hbond substituents is 1. The van der Waals surface area contributed by atoms with Crippen molar-refractivity contribution in [2.24, 2.45) is 11.7 Å². The number of hydrogen-bond donors (Lipinski definition) is 7. The predicted molar refractivity (Wildman–Crippen MR) is 118 cm³/mol. The summed E-state index contributed by atoms with van der Waals surface area (Å²) in [5, 5.41) is 26.1. The number of nitrogens with two attached hydrogens (primary N) is 1. The highest BCUT2D eigenvalue weighted by Crippen LogP contribution is 2.13. The van der Waals surface area contributed by atoms with Crippen molar-refractivity contribution in [2.45, 2.75) is 44.8 Å². The van der Waals surface area contributed by atoms with Gasteiger partial charge in [-0.1, -0.05) is 32.4 Å². The summed E-state index contributed by atoms with van der Waals surface area (Å²) < 4.78 is 0. The van der Waals surface area contributed by atoms with Gasteiger partial charge in [-0.25, -0.2) is 4.79 Å². The fourth-order valence-corrected chi connectivity index (χ4v) is 2.98. The van der Waals surface area contributed by atoms with Gasteiger partial charge in [0.2, 0.25) is 17.7 Å². The third-order valence-electron chi connectivity index (χ3n) is 4.80. The van der Waals surface area contributed by atoms with Crippen LogP contribution in [0.4, 0.5) is 0 Å². The fraction of sp³-hybridized carbons (Fsp3) is 0.500. The number of rotatable bonds is 12. The van der Waals surface area contributed by atoms with E-state index >= 15 is 0 Å². The lowest BCUT2D eigenvalue weighted by Gasteiger charge is -2.27. The van der Waals surface area contributed by atoms with E-state index in [0.29, 0.717) is 12.0 Å². The maximum absolute atomic E-state index is 13.0. The number of carboxylic acids is 1. The van der Waals surface area contributed by atoms with Crippen molar-refractivity contribution in [3.63, 3.8) is 0 Å². The number of nitrogens with one attached hydrogen (secondary N) is 3. The molecule has 0 spiro atoms. The first-order valence-corrected chi connectivity index (χ1v) is 10.5.